The lowest BCUT2D eigenvalue weighted by Gasteiger charge is -2.34. The van der Waals surface area contributed by atoms with Gasteiger partial charge in [-0.25, -0.2) is 0 Å². The molecule has 24 heavy (non-hydrogen) atoms. The first kappa shape index (κ1) is 16.6. The van der Waals surface area contributed by atoms with Crippen molar-refractivity contribution in [1.82, 2.24) is 15.2 Å². The first-order valence-electron chi connectivity index (χ1n) is 8.56. The topological polar surface area (TPSA) is 65.2 Å². The summed E-state index contributed by atoms with van der Waals surface area (Å²) in [4.78, 5) is 30.3. The molecule has 3 rings (SSSR count). The van der Waals surface area contributed by atoms with Gasteiger partial charge in [-0.2, -0.15) is 0 Å². The van der Waals surface area contributed by atoms with Gasteiger partial charge in [0.25, 0.3) is 5.91 Å². The Morgan fingerprint density at radius 3 is 2.67 bits per heavy atom. The van der Waals surface area contributed by atoms with Gasteiger partial charge >= 0.3 is 0 Å². The summed E-state index contributed by atoms with van der Waals surface area (Å²) in [6.45, 7) is 6.72. The highest BCUT2D eigenvalue weighted by Crippen LogP contribution is 2.28. The molecule has 1 atom stereocenters. The molecule has 5 nitrogen and oxygen atoms in total. The van der Waals surface area contributed by atoms with Crippen LogP contribution < -0.4 is 5.32 Å². The van der Waals surface area contributed by atoms with Crippen LogP contribution in [0.5, 0.6) is 0 Å². The number of nitrogens with one attached hydrogen (secondary N) is 2. The van der Waals surface area contributed by atoms with E-state index < -0.39 is 0 Å². The van der Waals surface area contributed by atoms with Crippen molar-refractivity contribution in [3.63, 3.8) is 0 Å². The molecule has 2 heterocycles. The highest BCUT2D eigenvalue weighted by molar-refractivity contribution is 6.03. The fourth-order valence-electron chi connectivity index (χ4n) is 3.75. The van der Waals surface area contributed by atoms with Gasteiger partial charge in [-0.1, -0.05) is 11.6 Å². The molecule has 5 heteroatoms. The average Bonchev–Trinajstić information content (AvgIpc) is 2.91. The van der Waals surface area contributed by atoms with Gasteiger partial charge in [0.1, 0.15) is 11.7 Å². The highest BCUT2D eigenvalue weighted by atomic mass is 16.2. The number of piperidine rings is 1. The summed E-state index contributed by atoms with van der Waals surface area (Å²) < 4.78 is 0. The van der Waals surface area contributed by atoms with E-state index in [1.165, 1.54) is 5.56 Å². The van der Waals surface area contributed by atoms with E-state index >= 15 is 0 Å². The molecule has 2 amide bonds. The number of likely N-dealkylation sites (N-methyl/N-ethyl adjacent to an activating group) is 1. The first-order chi connectivity index (χ1) is 11.4. The number of nitrogens with zero attached hydrogens (tertiary/aromatic N) is 1. The van der Waals surface area contributed by atoms with Crippen molar-refractivity contribution in [2.75, 3.05) is 13.6 Å². The van der Waals surface area contributed by atoms with Crippen LogP contribution in [0.2, 0.25) is 0 Å². The number of hydrogen-bond donors (Lipinski definition) is 2. The van der Waals surface area contributed by atoms with Crippen molar-refractivity contribution >= 4 is 22.7 Å². The number of rotatable bonds is 2. The van der Waals surface area contributed by atoms with Gasteiger partial charge in [-0.05, 0) is 57.2 Å². The minimum Gasteiger partial charge on any atom is -0.357 e. The van der Waals surface area contributed by atoms with Crippen molar-refractivity contribution in [2.45, 2.75) is 46.1 Å². The third-order valence-electron chi connectivity index (χ3n) is 5.04. The summed E-state index contributed by atoms with van der Waals surface area (Å²) in [5.41, 5.74) is 4.89. The normalized spacial score (nSPS) is 18.0. The zero-order valence-electron chi connectivity index (χ0n) is 14.8. The molecule has 1 aromatic heterocycles. The standard InChI is InChI=1S/C19H25N3O2/c1-11-9-12(2)16-14(10-11)13(3)17(21-16)19(24)22-8-6-5-7-15(22)18(23)20-4/h9-10,15,21H,5-8H2,1-4H3,(H,20,23)/t15-/m0/s1. The molecule has 0 aliphatic carbocycles. The van der Waals surface area contributed by atoms with Gasteiger partial charge in [0.2, 0.25) is 5.91 Å². The van der Waals surface area contributed by atoms with Gasteiger partial charge in [0.05, 0.1) is 0 Å². The molecular weight excluding hydrogens is 302 g/mol. The van der Waals surface area contributed by atoms with E-state index in [9.17, 15) is 9.59 Å². The third-order valence-corrected chi connectivity index (χ3v) is 5.04. The van der Waals surface area contributed by atoms with Crippen LogP contribution >= 0.6 is 0 Å². The molecular formula is C19H25N3O2. The maximum absolute atomic E-state index is 13.1. The maximum Gasteiger partial charge on any atom is 0.271 e. The Bertz CT molecular complexity index is 807. The summed E-state index contributed by atoms with van der Waals surface area (Å²) in [6, 6.07) is 3.85. The molecule has 128 valence electrons. The molecule has 1 aliphatic rings. The molecule has 1 aromatic carbocycles. The van der Waals surface area contributed by atoms with Gasteiger partial charge < -0.3 is 15.2 Å². The van der Waals surface area contributed by atoms with Crippen molar-refractivity contribution in [3.8, 4) is 0 Å². The average molecular weight is 327 g/mol. The van der Waals surface area contributed by atoms with Gasteiger partial charge in [0.15, 0.2) is 0 Å². The Morgan fingerprint density at radius 2 is 1.96 bits per heavy atom. The van der Waals surface area contributed by atoms with Crippen LogP contribution in [0.1, 0.15) is 46.4 Å². The number of hydrogen-bond acceptors (Lipinski definition) is 2. The lowest BCUT2D eigenvalue weighted by Crippen LogP contribution is -2.51. The van der Waals surface area contributed by atoms with Crippen LogP contribution in [0.15, 0.2) is 12.1 Å². The minimum atomic E-state index is -0.370. The molecule has 1 fully saturated rings. The molecule has 2 N–H and O–H groups in total. The summed E-state index contributed by atoms with van der Waals surface area (Å²) in [6.07, 6.45) is 2.64. The summed E-state index contributed by atoms with van der Waals surface area (Å²) in [7, 11) is 1.62. The Balaban J connectivity index is 2.03. The van der Waals surface area contributed by atoms with Crippen molar-refractivity contribution in [1.29, 1.82) is 0 Å². The number of H-pyrrole nitrogens is 1. The zero-order chi connectivity index (χ0) is 17.4. The quantitative estimate of drug-likeness (QED) is 0.891. The molecule has 1 aliphatic heterocycles. The Kier molecular flexibility index (Phi) is 4.35. The second-order valence-electron chi connectivity index (χ2n) is 6.75. The van der Waals surface area contributed by atoms with Crippen LogP contribution in [0.3, 0.4) is 0 Å². The Morgan fingerprint density at radius 1 is 1.21 bits per heavy atom. The Hall–Kier alpha value is -2.30. The van der Waals surface area contributed by atoms with Crippen LogP contribution in [-0.4, -0.2) is 41.3 Å². The number of aromatic amines is 1. The second kappa shape index (κ2) is 6.30. The molecule has 0 unspecified atom stereocenters. The lowest BCUT2D eigenvalue weighted by atomic mass is 10.00. The van der Waals surface area contributed by atoms with Crippen molar-refractivity contribution in [3.05, 3.63) is 34.5 Å². The third kappa shape index (κ3) is 2.68. The van der Waals surface area contributed by atoms with Crippen LogP contribution in [0.25, 0.3) is 10.9 Å². The molecule has 2 aromatic rings. The molecule has 1 saturated heterocycles. The predicted molar refractivity (Wildman–Crippen MR) is 95.3 cm³/mol. The first-order valence-corrected chi connectivity index (χ1v) is 8.56. The van der Waals surface area contributed by atoms with E-state index in [2.05, 4.69) is 29.4 Å². The second-order valence-corrected chi connectivity index (χ2v) is 6.75. The van der Waals surface area contributed by atoms with Gasteiger partial charge in [0, 0.05) is 24.5 Å². The monoisotopic (exact) mass is 327 g/mol. The minimum absolute atomic E-state index is 0.0750. The van der Waals surface area contributed by atoms with E-state index in [1.54, 1.807) is 11.9 Å². The van der Waals surface area contributed by atoms with Crippen LogP contribution in [0, 0.1) is 20.8 Å². The maximum atomic E-state index is 13.1. The number of benzene rings is 1. The fourth-order valence-corrected chi connectivity index (χ4v) is 3.75. The fraction of sp³-hybridized carbons (Fsp3) is 0.474. The van der Waals surface area contributed by atoms with Crippen molar-refractivity contribution < 1.29 is 9.59 Å². The molecule has 0 bridgehead atoms. The van der Waals surface area contributed by atoms with E-state index in [0.29, 0.717) is 12.2 Å². The van der Waals surface area contributed by atoms with Crippen LogP contribution in [-0.2, 0) is 4.79 Å². The molecule has 0 radical (unpaired) electrons. The number of aromatic nitrogens is 1. The summed E-state index contributed by atoms with van der Waals surface area (Å²) >= 11 is 0. The van der Waals surface area contributed by atoms with Gasteiger partial charge in [-0.3, -0.25) is 9.59 Å². The van der Waals surface area contributed by atoms with E-state index in [0.717, 1.165) is 41.3 Å². The van der Waals surface area contributed by atoms with Crippen LogP contribution in [0.4, 0.5) is 0 Å². The largest absolute Gasteiger partial charge is 0.357 e. The number of amides is 2. The summed E-state index contributed by atoms with van der Waals surface area (Å²) in [5, 5.41) is 3.77. The summed E-state index contributed by atoms with van der Waals surface area (Å²) in [5.74, 6) is -0.155. The van der Waals surface area contributed by atoms with E-state index in [4.69, 9.17) is 0 Å². The van der Waals surface area contributed by atoms with Gasteiger partial charge in [-0.15, -0.1) is 0 Å². The lowest BCUT2D eigenvalue weighted by molar-refractivity contribution is -0.126. The Labute approximate surface area is 142 Å². The molecule has 0 spiro atoms. The highest BCUT2D eigenvalue weighted by Gasteiger charge is 2.33. The zero-order valence-corrected chi connectivity index (χ0v) is 14.8. The predicted octanol–water partition coefficient (Wildman–Crippen LogP) is 2.83. The smallest absolute Gasteiger partial charge is 0.271 e. The number of carbonyl (C=O) groups excluding carboxylic acids is 2. The van der Waals surface area contributed by atoms with Crippen molar-refractivity contribution in [2.24, 2.45) is 0 Å². The number of carbonyl (C=O) groups is 2. The van der Waals surface area contributed by atoms with E-state index in [1.807, 2.05) is 13.8 Å². The number of fused-ring (bicyclic) bond motifs is 1. The number of likely N-dealkylation sites (tertiary alicyclic amines) is 1. The molecule has 0 saturated carbocycles. The number of aryl methyl sites for hydroxylation is 3. The SMILES string of the molecule is CNC(=O)[C@@H]1CCCCN1C(=O)c1[nH]c2c(C)cc(C)cc2c1C. The van der Waals surface area contributed by atoms with E-state index in [-0.39, 0.29) is 17.9 Å².